The van der Waals surface area contributed by atoms with Gasteiger partial charge in [-0.2, -0.15) is 0 Å². The number of rotatable bonds is 10. The second-order valence-electron chi connectivity index (χ2n) is 7.52. The third-order valence-corrected chi connectivity index (χ3v) is 4.89. The minimum absolute atomic E-state index is 0.243. The molecule has 0 bridgehead atoms. The maximum absolute atomic E-state index is 13.0. The molecule has 0 aromatic carbocycles. The lowest BCUT2D eigenvalue weighted by Crippen LogP contribution is -2.66. The molecule has 9 heteroatoms. The van der Waals surface area contributed by atoms with Crippen molar-refractivity contribution in [3.8, 4) is 0 Å². The minimum atomic E-state index is -1.18. The summed E-state index contributed by atoms with van der Waals surface area (Å²) in [4.78, 5) is 48.1. The first-order valence-corrected chi connectivity index (χ1v) is 10.6. The van der Waals surface area contributed by atoms with E-state index in [0.717, 1.165) is 12.8 Å². The van der Waals surface area contributed by atoms with Gasteiger partial charge < -0.3 is 24.3 Å². The lowest BCUT2D eigenvalue weighted by Gasteiger charge is -2.45. The zero-order chi connectivity index (χ0) is 22.8. The van der Waals surface area contributed by atoms with Crippen molar-refractivity contribution < 1.29 is 38.1 Å². The summed E-state index contributed by atoms with van der Waals surface area (Å²) in [6.45, 7) is 9.46. The third kappa shape index (κ3) is 7.59. The Labute approximate surface area is 178 Å². The van der Waals surface area contributed by atoms with E-state index in [4.69, 9.17) is 18.9 Å². The molecular formula is C21H35NO8. The van der Waals surface area contributed by atoms with E-state index in [0.29, 0.717) is 19.3 Å². The van der Waals surface area contributed by atoms with Gasteiger partial charge in [-0.3, -0.25) is 19.2 Å². The van der Waals surface area contributed by atoms with Gasteiger partial charge in [0, 0.05) is 26.7 Å². The van der Waals surface area contributed by atoms with Gasteiger partial charge in [0.1, 0.15) is 12.1 Å². The third-order valence-electron chi connectivity index (χ3n) is 4.89. The molecule has 1 fully saturated rings. The molecule has 172 valence electrons. The molecule has 9 nitrogen and oxygen atoms in total. The van der Waals surface area contributed by atoms with Crippen LogP contribution in [-0.4, -0.2) is 54.5 Å². The van der Waals surface area contributed by atoms with Crippen LogP contribution in [-0.2, 0) is 38.1 Å². The largest absolute Gasteiger partial charge is 0.456 e. The predicted octanol–water partition coefficient (Wildman–Crippen LogP) is 2.25. The molecule has 0 saturated carbocycles. The van der Waals surface area contributed by atoms with Crippen molar-refractivity contribution in [1.82, 2.24) is 5.32 Å². The van der Waals surface area contributed by atoms with Crippen molar-refractivity contribution >= 4 is 23.8 Å². The summed E-state index contributed by atoms with van der Waals surface area (Å²) in [6.07, 6.45) is -0.450. The summed E-state index contributed by atoms with van der Waals surface area (Å²) < 4.78 is 22.0. The summed E-state index contributed by atoms with van der Waals surface area (Å²) in [7, 11) is 0. The van der Waals surface area contributed by atoms with E-state index in [2.05, 4.69) is 5.32 Å². The van der Waals surface area contributed by atoms with E-state index in [1.54, 1.807) is 6.92 Å². The number of hydrogen-bond donors (Lipinski definition) is 1. The maximum atomic E-state index is 13.0. The summed E-state index contributed by atoms with van der Waals surface area (Å²) in [5.41, 5.74) is 0. The highest BCUT2D eigenvalue weighted by Crippen LogP contribution is 2.29. The Morgan fingerprint density at radius 2 is 1.33 bits per heavy atom. The summed E-state index contributed by atoms with van der Waals surface area (Å²) >= 11 is 0. The van der Waals surface area contributed by atoms with Gasteiger partial charge in [-0.05, 0) is 19.3 Å². The van der Waals surface area contributed by atoms with Crippen LogP contribution >= 0.6 is 0 Å². The van der Waals surface area contributed by atoms with E-state index in [9.17, 15) is 19.2 Å². The molecule has 1 aliphatic heterocycles. The van der Waals surface area contributed by atoms with Crippen LogP contribution in [0.2, 0.25) is 0 Å². The molecule has 1 heterocycles. The summed E-state index contributed by atoms with van der Waals surface area (Å²) in [5, 5.41) is 2.84. The predicted molar refractivity (Wildman–Crippen MR) is 107 cm³/mol. The molecule has 1 aliphatic rings. The van der Waals surface area contributed by atoms with Gasteiger partial charge in [0.25, 0.3) is 0 Å². The van der Waals surface area contributed by atoms with Crippen LogP contribution in [0.15, 0.2) is 0 Å². The lowest BCUT2D eigenvalue weighted by molar-refractivity contribution is -0.265. The normalized spacial score (nSPS) is 26.0. The second kappa shape index (κ2) is 12.5. The summed E-state index contributed by atoms with van der Waals surface area (Å²) in [6, 6.07) is -1.02. The quantitative estimate of drug-likeness (QED) is 0.415. The van der Waals surface area contributed by atoms with E-state index in [1.807, 2.05) is 13.8 Å². The fourth-order valence-electron chi connectivity index (χ4n) is 3.70. The highest BCUT2D eigenvalue weighted by atomic mass is 16.7. The number of ether oxygens (including phenoxy) is 4. The zero-order valence-electron chi connectivity index (χ0n) is 18.8. The number of carbonyl (C=O) groups is 4. The van der Waals surface area contributed by atoms with Crippen LogP contribution in [0.25, 0.3) is 0 Å². The van der Waals surface area contributed by atoms with Crippen molar-refractivity contribution in [2.45, 2.75) is 104 Å². The van der Waals surface area contributed by atoms with E-state index in [1.165, 1.54) is 20.8 Å². The maximum Gasteiger partial charge on any atom is 0.305 e. The van der Waals surface area contributed by atoms with E-state index < -0.39 is 48.6 Å². The number of esters is 3. The van der Waals surface area contributed by atoms with Gasteiger partial charge in [0.15, 0.2) is 12.2 Å². The van der Waals surface area contributed by atoms with Gasteiger partial charge in [-0.1, -0.05) is 33.6 Å². The molecule has 1 amide bonds. The molecule has 0 spiro atoms. The first-order chi connectivity index (χ1) is 14.1. The van der Waals surface area contributed by atoms with E-state index >= 15 is 0 Å². The highest BCUT2D eigenvalue weighted by Gasteiger charge is 2.51. The number of amides is 1. The molecule has 0 radical (unpaired) electrons. The van der Waals surface area contributed by atoms with Gasteiger partial charge in [-0.15, -0.1) is 0 Å². The number of hydrogen-bond acceptors (Lipinski definition) is 8. The Morgan fingerprint density at radius 1 is 0.833 bits per heavy atom. The smallest absolute Gasteiger partial charge is 0.305 e. The molecule has 1 N–H and O–H groups in total. The van der Waals surface area contributed by atoms with Crippen LogP contribution in [0.4, 0.5) is 0 Å². The molecule has 0 aliphatic carbocycles. The second-order valence-corrected chi connectivity index (χ2v) is 7.52. The monoisotopic (exact) mass is 429 g/mol. The van der Waals surface area contributed by atoms with Crippen molar-refractivity contribution in [1.29, 1.82) is 0 Å². The Morgan fingerprint density at radius 3 is 1.77 bits per heavy atom. The van der Waals surface area contributed by atoms with Gasteiger partial charge >= 0.3 is 17.9 Å². The van der Waals surface area contributed by atoms with Crippen molar-refractivity contribution in [2.75, 3.05) is 0 Å². The first-order valence-electron chi connectivity index (χ1n) is 10.6. The molecular weight excluding hydrogens is 394 g/mol. The van der Waals surface area contributed by atoms with Crippen LogP contribution in [0.1, 0.15) is 73.6 Å². The molecule has 5 unspecified atom stereocenters. The Hall–Kier alpha value is -2.16. The number of nitrogens with one attached hydrogen (secondary N) is 1. The fraction of sp³-hybridized carbons (Fsp3) is 0.810. The van der Waals surface area contributed by atoms with Crippen LogP contribution in [0.5, 0.6) is 0 Å². The molecule has 0 aromatic rings. The minimum Gasteiger partial charge on any atom is -0.456 e. The fourth-order valence-corrected chi connectivity index (χ4v) is 3.70. The van der Waals surface area contributed by atoms with Crippen LogP contribution < -0.4 is 5.32 Å². The molecule has 1 saturated heterocycles. The highest BCUT2D eigenvalue weighted by molar-refractivity contribution is 5.79. The molecule has 1 rings (SSSR count). The molecule has 0 aromatic heterocycles. The SMILES string of the molecule is CCCC(CCC)C(=O)NC1C(OC(C)=O)OC(CC)C(OC(C)=O)C1OC(C)=O. The number of carbonyl (C=O) groups excluding carboxylic acids is 4. The standard InChI is InChI=1S/C21H35NO8/c1-7-10-15(11-8-2)20(26)22-17-19(28-13(5)24)18(27-12(4)23)16(9-3)30-21(17)29-14(6)25/h15-19,21H,7-11H2,1-6H3,(H,22,26). The van der Waals surface area contributed by atoms with Crippen LogP contribution in [0, 0.1) is 5.92 Å². The first kappa shape index (κ1) is 25.9. The van der Waals surface area contributed by atoms with Crippen molar-refractivity contribution in [2.24, 2.45) is 5.92 Å². The average molecular weight is 430 g/mol. The Kier molecular flexibility index (Phi) is 10.8. The zero-order valence-corrected chi connectivity index (χ0v) is 18.8. The lowest BCUT2D eigenvalue weighted by atomic mass is 9.92. The van der Waals surface area contributed by atoms with Crippen molar-refractivity contribution in [3.63, 3.8) is 0 Å². The van der Waals surface area contributed by atoms with Crippen molar-refractivity contribution in [3.05, 3.63) is 0 Å². The average Bonchev–Trinajstić information content (AvgIpc) is 2.64. The Balaban J connectivity index is 3.29. The van der Waals surface area contributed by atoms with Crippen LogP contribution in [0.3, 0.4) is 0 Å². The summed E-state index contributed by atoms with van der Waals surface area (Å²) in [5.74, 6) is -2.30. The van der Waals surface area contributed by atoms with Gasteiger partial charge in [-0.25, -0.2) is 0 Å². The molecule has 30 heavy (non-hydrogen) atoms. The van der Waals surface area contributed by atoms with Gasteiger partial charge in [0.2, 0.25) is 12.2 Å². The molecule has 5 atom stereocenters. The van der Waals surface area contributed by atoms with Gasteiger partial charge in [0.05, 0.1) is 0 Å². The Bertz CT molecular complexity index is 602. The van der Waals surface area contributed by atoms with E-state index in [-0.39, 0.29) is 11.8 Å². The topological polar surface area (TPSA) is 117 Å².